The summed E-state index contributed by atoms with van der Waals surface area (Å²) in [6.07, 6.45) is -0.462. The first-order valence-corrected chi connectivity index (χ1v) is 6.84. The first-order chi connectivity index (χ1) is 8.73. The molecular weight excluding hydrogens is 314 g/mol. The third-order valence-electron chi connectivity index (χ3n) is 2.30. The number of aromatic nitrogens is 2. The summed E-state index contributed by atoms with van der Waals surface area (Å²) in [5.41, 5.74) is 0.170. The molecule has 1 unspecified atom stereocenters. The smallest absolute Gasteiger partial charge is 0.407 e. The van der Waals surface area contributed by atoms with Crippen LogP contribution in [0, 0.1) is 0 Å². The van der Waals surface area contributed by atoms with E-state index in [1.54, 1.807) is 10.7 Å². The van der Waals surface area contributed by atoms with Crippen molar-refractivity contribution >= 4 is 22.0 Å². The molecule has 7 heteroatoms. The number of amides is 1. The minimum Gasteiger partial charge on any atom is -0.444 e. The number of halogens is 1. The molecule has 0 aliphatic heterocycles. The average Bonchev–Trinajstić information content (AvgIpc) is 2.65. The van der Waals surface area contributed by atoms with E-state index in [2.05, 4.69) is 26.3 Å². The Hall–Kier alpha value is -1.08. The fraction of sp³-hybridized carbons (Fsp3) is 0.667. The molecular formula is C12H20BrN3O3. The topological polar surface area (TPSA) is 76.4 Å². The summed E-state index contributed by atoms with van der Waals surface area (Å²) in [5, 5.41) is 16.1. The number of nitrogens with one attached hydrogen (secondary N) is 1. The van der Waals surface area contributed by atoms with Crippen LogP contribution in [0.3, 0.4) is 0 Å². The van der Waals surface area contributed by atoms with Gasteiger partial charge >= 0.3 is 6.09 Å². The number of aliphatic hydroxyl groups excluding tert-OH is 1. The van der Waals surface area contributed by atoms with Gasteiger partial charge in [0.1, 0.15) is 10.2 Å². The molecule has 0 spiro atoms. The molecule has 1 heterocycles. The van der Waals surface area contributed by atoms with Gasteiger partial charge in [-0.05, 0) is 49.7 Å². The van der Waals surface area contributed by atoms with Gasteiger partial charge < -0.3 is 15.2 Å². The Kier molecular flexibility index (Phi) is 5.37. The molecule has 0 fully saturated rings. The van der Waals surface area contributed by atoms with E-state index in [4.69, 9.17) is 4.74 Å². The minimum absolute atomic E-state index is 0.0824. The quantitative estimate of drug-likeness (QED) is 0.885. The van der Waals surface area contributed by atoms with Crippen LogP contribution in [0.1, 0.15) is 39.4 Å². The zero-order valence-electron chi connectivity index (χ0n) is 11.6. The van der Waals surface area contributed by atoms with Crippen molar-refractivity contribution in [2.24, 2.45) is 0 Å². The monoisotopic (exact) mass is 333 g/mol. The number of rotatable bonds is 4. The Labute approximate surface area is 121 Å². The van der Waals surface area contributed by atoms with Crippen molar-refractivity contribution in [1.29, 1.82) is 0 Å². The van der Waals surface area contributed by atoms with Crippen LogP contribution in [0.15, 0.2) is 10.7 Å². The van der Waals surface area contributed by atoms with Gasteiger partial charge in [-0.25, -0.2) is 4.79 Å². The number of hydrogen-bond donors (Lipinski definition) is 2. The highest BCUT2D eigenvalue weighted by atomic mass is 79.9. The summed E-state index contributed by atoms with van der Waals surface area (Å²) in [5.74, 6) is 0. The largest absolute Gasteiger partial charge is 0.444 e. The predicted octanol–water partition coefficient (Wildman–Crippen LogP) is 2.22. The molecule has 0 saturated heterocycles. The lowest BCUT2D eigenvalue weighted by molar-refractivity contribution is 0.0520. The Morgan fingerprint density at radius 2 is 2.26 bits per heavy atom. The number of hydrogen-bond acceptors (Lipinski definition) is 4. The lowest BCUT2D eigenvalue weighted by atomic mass is 10.2. The third kappa shape index (κ3) is 5.20. The second kappa shape index (κ2) is 6.38. The maximum absolute atomic E-state index is 11.5. The number of ether oxygens (including phenoxy) is 1. The van der Waals surface area contributed by atoms with Crippen LogP contribution in [0.25, 0.3) is 0 Å². The predicted molar refractivity (Wildman–Crippen MR) is 74.8 cm³/mol. The summed E-state index contributed by atoms with van der Waals surface area (Å²) < 4.78 is 7.47. The Morgan fingerprint density at radius 1 is 1.63 bits per heavy atom. The summed E-state index contributed by atoms with van der Waals surface area (Å²) in [4.78, 5) is 11.5. The summed E-state index contributed by atoms with van der Waals surface area (Å²) in [7, 11) is 0. The zero-order chi connectivity index (χ0) is 14.6. The zero-order valence-corrected chi connectivity index (χ0v) is 13.2. The highest BCUT2D eigenvalue weighted by Crippen LogP contribution is 2.15. The molecule has 1 aromatic rings. The van der Waals surface area contributed by atoms with E-state index in [0.29, 0.717) is 16.8 Å². The fourth-order valence-corrected chi connectivity index (χ4v) is 1.97. The molecule has 6 nitrogen and oxygen atoms in total. The van der Waals surface area contributed by atoms with Crippen molar-refractivity contribution in [3.05, 3.63) is 16.4 Å². The van der Waals surface area contributed by atoms with Crippen molar-refractivity contribution < 1.29 is 14.6 Å². The van der Waals surface area contributed by atoms with Gasteiger partial charge in [0.2, 0.25) is 0 Å². The van der Waals surface area contributed by atoms with Crippen molar-refractivity contribution in [1.82, 2.24) is 15.1 Å². The molecule has 19 heavy (non-hydrogen) atoms. The van der Waals surface area contributed by atoms with Crippen LogP contribution < -0.4 is 5.32 Å². The standard InChI is InChI=1S/C12H20BrN3O3/c1-8(6-14-11(18)19-12(2,3)4)16-9(7-17)5-10(13)15-16/h5,8,17H,6-7H2,1-4H3,(H,14,18). The molecule has 2 N–H and O–H groups in total. The molecule has 0 radical (unpaired) electrons. The molecule has 1 rings (SSSR count). The van der Waals surface area contributed by atoms with Gasteiger partial charge in [0, 0.05) is 6.54 Å². The maximum Gasteiger partial charge on any atom is 0.407 e. The fourth-order valence-electron chi connectivity index (χ4n) is 1.53. The number of carbonyl (C=O) groups excluding carboxylic acids is 1. The van der Waals surface area contributed by atoms with Crippen LogP contribution in [0.4, 0.5) is 4.79 Å². The Bertz CT molecular complexity index is 440. The van der Waals surface area contributed by atoms with Crippen molar-refractivity contribution in [2.45, 2.75) is 45.9 Å². The van der Waals surface area contributed by atoms with E-state index in [9.17, 15) is 9.90 Å². The van der Waals surface area contributed by atoms with Gasteiger partial charge in [0.25, 0.3) is 0 Å². The molecule has 108 valence electrons. The number of alkyl carbamates (subject to hydrolysis) is 1. The van der Waals surface area contributed by atoms with E-state index >= 15 is 0 Å². The summed E-state index contributed by atoms with van der Waals surface area (Å²) >= 11 is 3.26. The third-order valence-corrected chi connectivity index (χ3v) is 2.69. The number of aliphatic hydroxyl groups is 1. The van der Waals surface area contributed by atoms with Crippen LogP contribution in [-0.4, -0.2) is 33.1 Å². The lowest BCUT2D eigenvalue weighted by Crippen LogP contribution is -2.35. The minimum atomic E-state index is -0.516. The van der Waals surface area contributed by atoms with Crippen molar-refractivity contribution in [3.8, 4) is 0 Å². The molecule has 1 aromatic heterocycles. The van der Waals surface area contributed by atoms with Gasteiger partial charge in [-0.3, -0.25) is 4.68 Å². The first kappa shape index (κ1) is 16.0. The van der Waals surface area contributed by atoms with E-state index in [1.165, 1.54) is 0 Å². The maximum atomic E-state index is 11.5. The second-order valence-corrected chi connectivity index (χ2v) is 6.11. The molecule has 1 atom stereocenters. The van der Waals surface area contributed by atoms with Crippen LogP contribution >= 0.6 is 15.9 Å². The van der Waals surface area contributed by atoms with Crippen LogP contribution in [0.2, 0.25) is 0 Å². The molecule has 0 aliphatic carbocycles. The van der Waals surface area contributed by atoms with Crippen molar-refractivity contribution in [2.75, 3.05) is 6.54 Å². The van der Waals surface area contributed by atoms with Gasteiger partial charge in [-0.1, -0.05) is 0 Å². The van der Waals surface area contributed by atoms with Crippen molar-refractivity contribution in [3.63, 3.8) is 0 Å². The number of carbonyl (C=O) groups is 1. The summed E-state index contributed by atoms with van der Waals surface area (Å²) in [6, 6.07) is 1.66. The summed E-state index contributed by atoms with van der Waals surface area (Å²) in [6.45, 7) is 7.60. The first-order valence-electron chi connectivity index (χ1n) is 6.04. The molecule has 0 aliphatic rings. The van der Waals surface area contributed by atoms with Crippen LogP contribution in [0.5, 0.6) is 0 Å². The second-order valence-electron chi connectivity index (χ2n) is 5.29. The molecule has 1 amide bonds. The van der Waals surface area contributed by atoms with E-state index in [1.807, 2.05) is 27.7 Å². The SMILES string of the molecule is CC(CNC(=O)OC(C)(C)C)n1nc(Br)cc1CO. The average molecular weight is 334 g/mol. The van der Waals surface area contributed by atoms with Gasteiger partial charge in [0.05, 0.1) is 18.3 Å². The van der Waals surface area contributed by atoms with Gasteiger partial charge in [-0.15, -0.1) is 0 Å². The lowest BCUT2D eigenvalue weighted by Gasteiger charge is -2.21. The van der Waals surface area contributed by atoms with Crippen LogP contribution in [-0.2, 0) is 11.3 Å². The Balaban J connectivity index is 2.55. The van der Waals surface area contributed by atoms with E-state index < -0.39 is 11.7 Å². The number of nitrogens with zero attached hydrogens (tertiary/aromatic N) is 2. The molecule has 0 bridgehead atoms. The van der Waals surface area contributed by atoms with Gasteiger partial charge in [0.15, 0.2) is 0 Å². The Morgan fingerprint density at radius 3 is 2.79 bits per heavy atom. The van der Waals surface area contributed by atoms with E-state index in [-0.39, 0.29) is 12.6 Å². The highest BCUT2D eigenvalue weighted by Gasteiger charge is 2.18. The van der Waals surface area contributed by atoms with E-state index in [0.717, 1.165) is 0 Å². The molecule has 0 saturated carbocycles. The molecule has 0 aromatic carbocycles. The normalized spacial score (nSPS) is 13.2. The van der Waals surface area contributed by atoms with Gasteiger partial charge in [-0.2, -0.15) is 5.10 Å². The highest BCUT2D eigenvalue weighted by molar-refractivity contribution is 9.10.